The van der Waals surface area contributed by atoms with E-state index in [1.54, 1.807) is 0 Å². The van der Waals surface area contributed by atoms with E-state index in [9.17, 15) is 9.59 Å². The van der Waals surface area contributed by atoms with Crippen molar-refractivity contribution >= 4 is 23.0 Å². The number of hydrogen-bond donors (Lipinski definition) is 3. The van der Waals surface area contributed by atoms with Crippen molar-refractivity contribution in [3.8, 4) is 0 Å². The fourth-order valence-electron chi connectivity index (χ4n) is 0.655. The molecule has 0 radical (unpaired) electrons. The average Bonchev–Trinajstić information content (AvgIpc) is 2.14. The highest BCUT2D eigenvalue weighted by Gasteiger charge is 2.13. The van der Waals surface area contributed by atoms with Gasteiger partial charge in [0.25, 0.3) is 5.24 Å². The van der Waals surface area contributed by atoms with E-state index in [1.165, 1.54) is 0 Å². The highest BCUT2D eigenvalue weighted by Crippen LogP contribution is 2.03. The molecule has 4 N–H and O–H groups in total. The minimum Gasteiger partial charge on any atom is -0.480 e. The van der Waals surface area contributed by atoms with Crippen molar-refractivity contribution in [3.05, 3.63) is 0 Å². The van der Waals surface area contributed by atoms with Crippen LogP contribution in [-0.2, 0) is 4.79 Å². The zero-order valence-corrected chi connectivity index (χ0v) is 8.97. The molecule has 6 heteroatoms. The first-order valence-electron chi connectivity index (χ1n) is 4.47. The van der Waals surface area contributed by atoms with Crippen molar-refractivity contribution in [2.45, 2.75) is 25.8 Å². The second-order valence-corrected chi connectivity index (χ2v) is 3.82. The van der Waals surface area contributed by atoms with Gasteiger partial charge in [-0.05, 0) is 6.42 Å². The third-order valence-electron chi connectivity index (χ3n) is 1.51. The molecule has 0 spiro atoms. The smallest absolute Gasteiger partial charge is 0.321 e. The Morgan fingerprint density at radius 2 is 2.21 bits per heavy atom. The van der Waals surface area contributed by atoms with Gasteiger partial charge in [0.15, 0.2) is 0 Å². The average molecular weight is 220 g/mol. The Bertz CT molecular complexity index is 199. The van der Waals surface area contributed by atoms with Gasteiger partial charge in [-0.25, -0.2) is 0 Å². The molecule has 0 aromatic heterocycles. The van der Waals surface area contributed by atoms with E-state index in [2.05, 4.69) is 5.32 Å². The number of nitrogens with one attached hydrogen (secondary N) is 1. The second kappa shape index (κ2) is 7.64. The number of thioether (sulfide) groups is 1. The van der Waals surface area contributed by atoms with Gasteiger partial charge in [0.2, 0.25) is 0 Å². The molecule has 0 saturated heterocycles. The van der Waals surface area contributed by atoms with E-state index in [1.807, 2.05) is 6.92 Å². The molecule has 0 aliphatic heterocycles. The van der Waals surface area contributed by atoms with Crippen molar-refractivity contribution in [1.29, 1.82) is 0 Å². The Balaban J connectivity index is 3.48. The summed E-state index contributed by atoms with van der Waals surface area (Å²) in [5, 5.41) is 10.9. The van der Waals surface area contributed by atoms with Gasteiger partial charge >= 0.3 is 5.97 Å². The Labute approximate surface area is 87.4 Å². The summed E-state index contributed by atoms with van der Waals surface area (Å²) in [5.41, 5.74) is 5.22. The number of rotatable bonds is 6. The maximum atomic E-state index is 11.0. The molecular weight excluding hydrogens is 204 g/mol. The molecule has 0 unspecified atom stereocenters. The first kappa shape index (κ1) is 13.2. The van der Waals surface area contributed by atoms with Gasteiger partial charge in [0.1, 0.15) is 6.04 Å². The minimum absolute atomic E-state index is 0.104. The minimum atomic E-state index is -1.08. The fourth-order valence-corrected chi connectivity index (χ4v) is 1.33. The van der Waals surface area contributed by atoms with E-state index in [0.29, 0.717) is 6.54 Å². The van der Waals surface area contributed by atoms with Gasteiger partial charge in [-0.2, -0.15) is 0 Å². The maximum absolute atomic E-state index is 11.0. The van der Waals surface area contributed by atoms with Gasteiger partial charge in [-0.3, -0.25) is 9.59 Å². The quantitative estimate of drug-likeness (QED) is 0.571. The second-order valence-electron chi connectivity index (χ2n) is 2.82. The monoisotopic (exact) mass is 220 g/mol. The van der Waals surface area contributed by atoms with E-state index in [-0.39, 0.29) is 11.0 Å². The van der Waals surface area contributed by atoms with Crippen molar-refractivity contribution in [1.82, 2.24) is 5.32 Å². The van der Waals surface area contributed by atoms with Crippen molar-refractivity contribution in [2.75, 3.05) is 12.3 Å². The molecule has 0 fully saturated rings. The lowest BCUT2D eigenvalue weighted by Crippen LogP contribution is -2.34. The maximum Gasteiger partial charge on any atom is 0.321 e. The lowest BCUT2D eigenvalue weighted by Gasteiger charge is -2.06. The summed E-state index contributed by atoms with van der Waals surface area (Å²) in [5.74, 6) is -0.980. The Hall–Kier alpha value is -0.750. The third-order valence-corrected chi connectivity index (χ3v) is 2.44. The Morgan fingerprint density at radius 3 is 2.71 bits per heavy atom. The standard InChI is InChI=1S/C8H16N2O3S/c1-2-3-4-10-8(13)14-5-6(9)7(11)12/h6H,2-5,9H2,1H3,(H,10,13)(H,11,12)/t6-/m0/s1. The molecular formula is C8H16N2O3S. The fraction of sp³-hybridized carbons (Fsp3) is 0.750. The van der Waals surface area contributed by atoms with E-state index in [4.69, 9.17) is 10.8 Å². The lowest BCUT2D eigenvalue weighted by molar-refractivity contribution is -0.137. The Kier molecular flexibility index (Phi) is 7.23. The van der Waals surface area contributed by atoms with E-state index >= 15 is 0 Å². The van der Waals surface area contributed by atoms with Gasteiger partial charge in [-0.15, -0.1) is 0 Å². The van der Waals surface area contributed by atoms with Crippen LogP contribution >= 0.6 is 11.8 Å². The molecule has 0 bridgehead atoms. The number of carboxylic acids is 1. The van der Waals surface area contributed by atoms with Crippen LogP contribution in [0.15, 0.2) is 0 Å². The van der Waals surface area contributed by atoms with Crippen LogP contribution in [0.1, 0.15) is 19.8 Å². The molecule has 0 rings (SSSR count). The topological polar surface area (TPSA) is 92.4 Å². The summed E-state index contributed by atoms with van der Waals surface area (Å²) < 4.78 is 0. The molecule has 0 saturated carbocycles. The molecule has 0 aliphatic rings. The summed E-state index contributed by atoms with van der Waals surface area (Å²) in [6, 6.07) is -0.975. The highest BCUT2D eigenvalue weighted by atomic mass is 32.2. The van der Waals surface area contributed by atoms with Crippen LogP contribution in [0, 0.1) is 0 Å². The van der Waals surface area contributed by atoms with Crippen molar-refractivity contribution in [2.24, 2.45) is 5.73 Å². The number of unbranched alkanes of at least 4 members (excludes halogenated alkanes) is 1. The number of amides is 1. The first-order chi connectivity index (χ1) is 6.57. The molecule has 0 aromatic rings. The molecule has 82 valence electrons. The lowest BCUT2D eigenvalue weighted by atomic mass is 10.3. The number of carboxylic acid groups (broad SMARTS) is 1. The van der Waals surface area contributed by atoms with Crippen LogP contribution in [0.2, 0.25) is 0 Å². The van der Waals surface area contributed by atoms with Crippen LogP contribution in [0.25, 0.3) is 0 Å². The number of carbonyl (C=O) groups is 2. The predicted octanol–water partition coefficient (Wildman–Crippen LogP) is 0.641. The van der Waals surface area contributed by atoms with Gasteiger partial charge < -0.3 is 16.2 Å². The van der Waals surface area contributed by atoms with Gasteiger partial charge in [0, 0.05) is 12.3 Å². The summed E-state index contributed by atoms with van der Waals surface area (Å²) in [4.78, 5) is 21.4. The summed E-state index contributed by atoms with van der Waals surface area (Å²) >= 11 is 0.907. The summed E-state index contributed by atoms with van der Waals surface area (Å²) in [7, 11) is 0. The largest absolute Gasteiger partial charge is 0.480 e. The van der Waals surface area contributed by atoms with E-state index in [0.717, 1.165) is 24.6 Å². The van der Waals surface area contributed by atoms with Crippen LogP contribution in [0.5, 0.6) is 0 Å². The number of nitrogens with two attached hydrogens (primary N) is 1. The molecule has 1 atom stereocenters. The molecule has 0 heterocycles. The first-order valence-corrected chi connectivity index (χ1v) is 5.45. The normalized spacial score (nSPS) is 12.1. The van der Waals surface area contributed by atoms with Gasteiger partial charge in [-0.1, -0.05) is 25.1 Å². The SMILES string of the molecule is CCCCNC(=O)SC[C@H](N)C(=O)O. The number of hydrogen-bond acceptors (Lipinski definition) is 4. The zero-order valence-electron chi connectivity index (χ0n) is 8.16. The Morgan fingerprint density at radius 1 is 1.57 bits per heavy atom. The van der Waals surface area contributed by atoms with Crippen molar-refractivity contribution < 1.29 is 14.7 Å². The molecule has 5 nitrogen and oxygen atoms in total. The zero-order chi connectivity index (χ0) is 11.0. The summed E-state index contributed by atoms with van der Waals surface area (Å²) in [6.07, 6.45) is 1.94. The van der Waals surface area contributed by atoms with E-state index < -0.39 is 12.0 Å². The van der Waals surface area contributed by atoms with Crippen LogP contribution in [-0.4, -0.2) is 34.7 Å². The molecule has 14 heavy (non-hydrogen) atoms. The number of aliphatic carboxylic acids is 1. The molecule has 0 aliphatic carbocycles. The number of carbonyl (C=O) groups excluding carboxylic acids is 1. The van der Waals surface area contributed by atoms with Crippen LogP contribution in [0.3, 0.4) is 0 Å². The van der Waals surface area contributed by atoms with Gasteiger partial charge in [0.05, 0.1) is 0 Å². The van der Waals surface area contributed by atoms with Crippen molar-refractivity contribution in [3.63, 3.8) is 0 Å². The predicted molar refractivity (Wildman–Crippen MR) is 56.4 cm³/mol. The third kappa shape index (κ3) is 6.73. The highest BCUT2D eigenvalue weighted by molar-refractivity contribution is 8.13. The van der Waals surface area contributed by atoms with Crippen LogP contribution in [0.4, 0.5) is 4.79 Å². The van der Waals surface area contributed by atoms with Crippen LogP contribution < -0.4 is 11.1 Å². The molecule has 0 aromatic carbocycles. The summed E-state index contributed by atoms with van der Waals surface area (Å²) in [6.45, 7) is 2.66. The molecule has 1 amide bonds.